The lowest BCUT2D eigenvalue weighted by Crippen LogP contribution is -2.48. The molecule has 1 aliphatic rings. The summed E-state index contributed by atoms with van der Waals surface area (Å²) in [6.07, 6.45) is 5.11. The molecule has 2 aromatic carbocycles. The van der Waals surface area contributed by atoms with Crippen molar-refractivity contribution in [3.63, 3.8) is 0 Å². The van der Waals surface area contributed by atoms with Crippen molar-refractivity contribution in [3.8, 4) is 0 Å². The summed E-state index contributed by atoms with van der Waals surface area (Å²) in [7, 11) is 0. The predicted octanol–water partition coefficient (Wildman–Crippen LogP) is 5.44. The highest BCUT2D eigenvalue weighted by molar-refractivity contribution is 7.09. The molecule has 1 fully saturated rings. The van der Waals surface area contributed by atoms with Gasteiger partial charge in [-0.1, -0.05) is 56.3 Å². The molecule has 2 amide bonds. The van der Waals surface area contributed by atoms with Crippen molar-refractivity contribution in [2.45, 2.75) is 70.7 Å². The van der Waals surface area contributed by atoms with Crippen molar-refractivity contribution in [2.24, 2.45) is 0 Å². The Morgan fingerprint density at radius 3 is 2.59 bits per heavy atom. The number of aryl methyl sites for hydroxylation is 1. The van der Waals surface area contributed by atoms with Crippen LogP contribution in [0.4, 0.5) is 0 Å². The number of nitrogens with one attached hydrogen (secondary N) is 2. The number of aliphatic hydroxyl groups is 1. The van der Waals surface area contributed by atoms with Crippen molar-refractivity contribution in [3.05, 3.63) is 117 Å². The minimum Gasteiger partial charge on any atom is -0.390 e. The minimum absolute atomic E-state index is 0.0415. The van der Waals surface area contributed by atoms with Crippen molar-refractivity contribution in [1.29, 1.82) is 0 Å². The molecule has 3 unspecified atom stereocenters. The molecule has 1 saturated heterocycles. The summed E-state index contributed by atoms with van der Waals surface area (Å²) in [4.78, 5) is 38.0. The van der Waals surface area contributed by atoms with Crippen LogP contribution in [0, 0.1) is 6.92 Å². The van der Waals surface area contributed by atoms with Gasteiger partial charge in [0.15, 0.2) is 0 Å². The van der Waals surface area contributed by atoms with Gasteiger partial charge in [-0.3, -0.25) is 14.6 Å². The highest BCUT2D eigenvalue weighted by Crippen LogP contribution is 2.34. The van der Waals surface area contributed by atoms with Crippen LogP contribution in [0.15, 0.2) is 78.4 Å². The average Bonchev–Trinajstić information content (AvgIpc) is 3.70. The van der Waals surface area contributed by atoms with E-state index in [0.717, 1.165) is 34.7 Å². The Hall–Kier alpha value is -3.92. The third kappa shape index (κ3) is 7.96. The van der Waals surface area contributed by atoms with Gasteiger partial charge in [0, 0.05) is 54.2 Å². The molecule has 1 aliphatic heterocycles. The largest absolute Gasteiger partial charge is 0.390 e. The number of carbonyl (C=O) groups is 2. The molecule has 9 heteroatoms. The van der Waals surface area contributed by atoms with E-state index in [-0.39, 0.29) is 24.4 Å². The number of aromatic nitrogens is 2. The lowest BCUT2D eigenvalue weighted by Gasteiger charge is -2.25. The number of thiazole rings is 1. The first kappa shape index (κ1) is 31.5. The van der Waals surface area contributed by atoms with Crippen LogP contribution in [0.3, 0.4) is 0 Å². The Bertz CT molecular complexity index is 1560. The molecule has 3 atom stereocenters. The Morgan fingerprint density at radius 1 is 1.05 bits per heavy atom. The Labute approximate surface area is 263 Å². The highest BCUT2D eigenvalue weighted by atomic mass is 32.1. The van der Waals surface area contributed by atoms with Crippen molar-refractivity contribution in [1.82, 2.24) is 25.5 Å². The van der Waals surface area contributed by atoms with E-state index in [2.05, 4.69) is 40.5 Å². The molecule has 0 saturated carbocycles. The number of aliphatic hydroxyl groups excluding tert-OH is 1. The lowest BCUT2D eigenvalue weighted by molar-refractivity contribution is 0.0735. The average molecular weight is 612 g/mol. The predicted molar refractivity (Wildman–Crippen MR) is 174 cm³/mol. The van der Waals surface area contributed by atoms with Gasteiger partial charge >= 0.3 is 0 Å². The van der Waals surface area contributed by atoms with Gasteiger partial charge in [-0.2, -0.15) is 0 Å². The Morgan fingerprint density at radius 2 is 1.84 bits per heavy atom. The molecule has 2 aromatic heterocycles. The van der Waals surface area contributed by atoms with E-state index in [9.17, 15) is 14.7 Å². The summed E-state index contributed by atoms with van der Waals surface area (Å²) >= 11 is 1.59. The number of carbonyl (C=O) groups excluding carboxylic acids is 2. The van der Waals surface area contributed by atoms with E-state index < -0.39 is 12.1 Å². The van der Waals surface area contributed by atoms with Gasteiger partial charge in [-0.05, 0) is 67.0 Å². The van der Waals surface area contributed by atoms with Gasteiger partial charge in [0.2, 0.25) is 0 Å². The van der Waals surface area contributed by atoms with Gasteiger partial charge < -0.3 is 20.6 Å². The third-order valence-electron chi connectivity index (χ3n) is 8.05. The second kappa shape index (κ2) is 14.7. The molecular weight excluding hydrogens is 570 g/mol. The van der Waals surface area contributed by atoms with E-state index in [1.165, 1.54) is 5.56 Å². The second-order valence-corrected chi connectivity index (χ2v) is 12.7. The number of amides is 2. The fourth-order valence-electron chi connectivity index (χ4n) is 5.58. The minimum atomic E-state index is -0.850. The standard InChI is InChI=1S/C35H41N5O3S/c1-23(2)29-15-26(18-36-20-29)19-37-21-32(41)30(16-25-9-5-4-6-10-25)39-33(42)27-11-7-12-28(17-27)35(43)40-14-8-13-31(40)34-38-24(3)22-44-34/h4-7,9-12,15,17-18,20,22-23,30-32,37,41H,8,13-14,16,19,21H2,1-3H3,(H,39,42). The van der Waals surface area contributed by atoms with Crippen molar-refractivity contribution in [2.75, 3.05) is 13.1 Å². The molecule has 0 bridgehead atoms. The van der Waals surface area contributed by atoms with Gasteiger partial charge in [-0.25, -0.2) is 4.98 Å². The molecule has 8 nitrogen and oxygen atoms in total. The fraction of sp³-hybridized carbons (Fsp3) is 0.371. The van der Waals surface area contributed by atoms with Crippen LogP contribution in [-0.4, -0.2) is 57.0 Å². The zero-order chi connectivity index (χ0) is 31.1. The summed E-state index contributed by atoms with van der Waals surface area (Å²) in [5, 5.41) is 20.6. The van der Waals surface area contributed by atoms with Gasteiger partial charge in [0.05, 0.1) is 18.2 Å². The first-order valence-corrected chi connectivity index (χ1v) is 16.2. The molecule has 0 aliphatic carbocycles. The maximum Gasteiger partial charge on any atom is 0.254 e. The normalized spacial score (nSPS) is 16.2. The molecule has 0 radical (unpaired) electrons. The van der Waals surface area contributed by atoms with Crippen LogP contribution in [0.5, 0.6) is 0 Å². The zero-order valence-electron chi connectivity index (χ0n) is 25.6. The number of rotatable bonds is 12. The number of likely N-dealkylation sites (tertiary alicyclic amines) is 1. The molecule has 3 N–H and O–H groups in total. The number of pyridine rings is 1. The Balaban J connectivity index is 1.26. The quantitative estimate of drug-likeness (QED) is 0.197. The first-order valence-electron chi connectivity index (χ1n) is 15.3. The maximum atomic E-state index is 13.6. The SMILES string of the molecule is Cc1csc(C2CCCN2C(=O)c2cccc(C(=O)NC(Cc3ccccc3)C(O)CNCc3cncc(C(C)C)c3)c2)n1. The smallest absolute Gasteiger partial charge is 0.254 e. The monoisotopic (exact) mass is 611 g/mol. The van der Waals surface area contributed by atoms with E-state index >= 15 is 0 Å². The van der Waals surface area contributed by atoms with E-state index in [1.807, 2.05) is 59.9 Å². The molecule has 44 heavy (non-hydrogen) atoms. The topological polar surface area (TPSA) is 107 Å². The molecule has 0 spiro atoms. The summed E-state index contributed by atoms with van der Waals surface area (Å²) in [6.45, 7) is 7.73. The third-order valence-corrected chi connectivity index (χ3v) is 9.12. The lowest BCUT2D eigenvalue weighted by atomic mass is 10.00. The summed E-state index contributed by atoms with van der Waals surface area (Å²) in [5.41, 5.74) is 5.02. The van der Waals surface area contributed by atoms with Crippen LogP contribution in [-0.2, 0) is 13.0 Å². The van der Waals surface area contributed by atoms with Crippen molar-refractivity contribution < 1.29 is 14.7 Å². The van der Waals surface area contributed by atoms with Gasteiger partial charge in [0.25, 0.3) is 11.8 Å². The summed E-state index contributed by atoms with van der Waals surface area (Å²) < 4.78 is 0. The van der Waals surface area contributed by atoms with Gasteiger partial charge in [-0.15, -0.1) is 11.3 Å². The molecule has 230 valence electrons. The highest BCUT2D eigenvalue weighted by Gasteiger charge is 2.33. The number of nitrogens with zero attached hydrogens (tertiary/aromatic N) is 3. The summed E-state index contributed by atoms with van der Waals surface area (Å²) in [6, 6.07) is 18.2. The van der Waals surface area contributed by atoms with Crippen LogP contribution in [0.2, 0.25) is 0 Å². The maximum absolute atomic E-state index is 13.6. The first-order chi connectivity index (χ1) is 21.3. The van der Waals surface area contributed by atoms with Crippen molar-refractivity contribution >= 4 is 23.2 Å². The Kier molecular flexibility index (Phi) is 10.5. The number of benzene rings is 2. The van der Waals surface area contributed by atoms with Crippen LogP contribution in [0.25, 0.3) is 0 Å². The molecule has 3 heterocycles. The zero-order valence-corrected chi connectivity index (χ0v) is 26.4. The van der Waals surface area contributed by atoms with E-state index in [1.54, 1.807) is 35.6 Å². The van der Waals surface area contributed by atoms with Crippen LogP contribution < -0.4 is 10.6 Å². The van der Waals surface area contributed by atoms with Crippen LogP contribution in [0.1, 0.15) is 86.8 Å². The second-order valence-electron chi connectivity index (χ2n) is 11.8. The van der Waals surface area contributed by atoms with Gasteiger partial charge in [0.1, 0.15) is 5.01 Å². The van der Waals surface area contributed by atoms with E-state index in [0.29, 0.717) is 36.6 Å². The molecular formula is C35H41N5O3S. The fourth-order valence-corrected chi connectivity index (χ4v) is 6.52. The summed E-state index contributed by atoms with van der Waals surface area (Å²) in [5.74, 6) is -0.0514. The molecule has 4 aromatic rings. The number of hydrogen-bond acceptors (Lipinski definition) is 7. The van der Waals surface area contributed by atoms with E-state index in [4.69, 9.17) is 0 Å². The molecule has 5 rings (SSSR count). The number of hydrogen-bond donors (Lipinski definition) is 3. The van der Waals surface area contributed by atoms with Crippen LogP contribution >= 0.6 is 11.3 Å².